The molecule has 5 heteroatoms. The zero-order valence-electron chi connectivity index (χ0n) is 11.7. The summed E-state index contributed by atoms with van der Waals surface area (Å²) in [5.41, 5.74) is 5.57. The van der Waals surface area contributed by atoms with Crippen LogP contribution in [0.3, 0.4) is 0 Å². The van der Waals surface area contributed by atoms with E-state index in [1.165, 1.54) is 12.1 Å². The van der Waals surface area contributed by atoms with Gasteiger partial charge in [-0.05, 0) is 37.5 Å². The Hall–Kier alpha value is -1.49. The molecule has 0 aliphatic heterocycles. The lowest BCUT2D eigenvalue weighted by atomic mass is 10.0. The normalized spacial score (nSPS) is 14.7. The van der Waals surface area contributed by atoms with Crippen LogP contribution in [0.2, 0.25) is 0 Å². The van der Waals surface area contributed by atoms with Crippen LogP contribution in [0.25, 0.3) is 0 Å². The molecule has 0 saturated carbocycles. The Kier molecular flexibility index (Phi) is 5.62. The lowest BCUT2D eigenvalue weighted by molar-refractivity contribution is -0.139. The molecule has 1 rings (SSSR count). The largest absolute Gasteiger partial charge is 0.486 e. The second-order valence-electron chi connectivity index (χ2n) is 4.76. The molecule has 2 N–H and O–H groups in total. The molecule has 112 valence electrons. The molecule has 0 spiro atoms. The molecule has 2 nitrogen and oxygen atoms in total. The Morgan fingerprint density at radius 3 is 2.55 bits per heavy atom. The van der Waals surface area contributed by atoms with Gasteiger partial charge in [0.2, 0.25) is 0 Å². The summed E-state index contributed by atoms with van der Waals surface area (Å²) in [6.07, 6.45) is -2.37. The number of halogens is 3. The number of nitrogens with two attached hydrogens (primary N) is 1. The molecule has 0 radical (unpaired) electrons. The summed E-state index contributed by atoms with van der Waals surface area (Å²) in [6, 6.07) is 3.94. The summed E-state index contributed by atoms with van der Waals surface area (Å²) in [6.45, 7) is 7.03. The Labute approximate surface area is 117 Å². The highest BCUT2D eigenvalue weighted by Gasteiger charge is 2.35. The van der Waals surface area contributed by atoms with E-state index >= 15 is 0 Å². The third-order valence-electron chi connectivity index (χ3n) is 3.02. The van der Waals surface area contributed by atoms with E-state index in [2.05, 4.69) is 6.58 Å². The van der Waals surface area contributed by atoms with Gasteiger partial charge in [0.15, 0.2) is 0 Å². The number of benzene rings is 1. The van der Waals surface area contributed by atoms with E-state index in [-0.39, 0.29) is 11.8 Å². The fraction of sp³-hybridized carbons (Fsp3) is 0.467. The van der Waals surface area contributed by atoms with E-state index in [0.717, 1.165) is 6.07 Å². The van der Waals surface area contributed by atoms with Crippen LogP contribution in [0.4, 0.5) is 13.2 Å². The van der Waals surface area contributed by atoms with Crippen molar-refractivity contribution in [2.75, 3.05) is 0 Å². The predicted molar refractivity (Wildman–Crippen MR) is 73.7 cm³/mol. The molecule has 1 aromatic carbocycles. The van der Waals surface area contributed by atoms with Gasteiger partial charge in [-0.25, -0.2) is 0 Å². The van der Waals surface area contributed by atoms with E-state index in [9.17, 15) is 13.2 Å². The second-order valence-corrected chi connectivity index (χ2v) is 4.76. The van der Waals surface area contributed by atoms with Gasteiger partial charge in [-0.15, -0.1) is 0 Å². The molecule has 0 aromatic heterocycles. The van der Waals surface area contributed by atoms with Crippen molar-refractivity contribution in [3.63, 3.8) is 0 Å². The van der Waals surface area contributed by atoms with Crippen molar-refractivity contribution in [3.8, 4) is 5.75 Å². The minimum absolute atomic E-state index is 0.144. The summed E-state index contributed by atoms with van der Waals surface area (Å²) < 4.78 is 44.4. The van der Waals surface area contributed by atoms with E-state index in [1.54, 1.807) is 13.0 Å². The standard InChI is InChI=1S/C15H20F3NO/c1-4-10(3)20-14-7-6-11(8-12(19)5-2)9-13(14)15(16,17)18/h4,6-7,9-10,12H,1,5,8,19H2,2-3H3. The highest BCUT2D eigenvalue weighted by Crippen LogP contribution is 2.37. The average molecular weight is 287 g/mol. The van der Waals surface area contributed by atoms with Crippen molar-refractivity contribution in [2.45, 2.75) is 45.0 Å². The topological polar surface area (TPSA) is 35.2 Å². The smallest absolute Gasteiger partial charge is 0.419 e. The van der Waals surface area contributed by atoms with Crippen molar-refractivity contribution < 1.29 is 17.9 Å². The monoisotopic (exact) mass is 287 g/mol. The Balaban J connectivity index is 3.10. The second kappa shape index (κ2) is 6.79. The molecule has 0 bridgehead atoms. The highest BCUT2D eigenvalue weighted by molar-refractivity contribution is 5.40. The Morgan fingerprint density at radius 2 is 2.05 bits per heavy atom. The molecule has 0 amide bonds. The maximum absolute atomic E-state index is 13.1. The Morgan fingerprint density at radius 1 is 1.40 bits per heavy atom. The van der Waals surface area contributed by atoms with Gasteiger partial charge < -0.3 is 10.5 Å². The van der Waals surface area contributed by atoms with Gasteiger partial charge in [0.05, 0.1) is 5.56 Å². The van der Waals surface area contributed by atoms with Crippen LogP contribution in [0.15, 0.2) is 30.9 Å². The summed E-state index contributed by atoms with van der Waals surface area (Å²) in [7, 11) is 0. The van der Waals surface area contributed by atoms with Crippen LogP contribution >= 0.6 is 0 Å². The van der Waals surface area contributed by atoms with Crippen LogP contribution in [0.1, 0.15) is 31.4 Å². The molecule has 0 aliphatic rings. The number of ether oxygens (including phenoxy) is 1. The van der Waals surface area contributed by atoms with E-state index in [4.69, 9.17) is 10.5 Å². The quantitative estimate of drug-likeness (QED) is 0.804. The zero-order valence-corrected chi connectivity index (χ0v) is 11.7. The molecule has 0 saturated heterocycles. The van der Waals surface area contributed by atoms with E-state index < -0.39 is 17.8 Å². The molecule has 0 heterocycles. The van der Waals surface area contributed by atoms with Crippen LogP contribution in [-0.4, -0.2) is 12.1 Å². The number of hydrogen-bond acceptors (Lipinski definition) is 2. The van der Waals surface area contributed by atoms with Crippen LogP contribution < -0.4 is 10.5 Å². The van der Waals surface area contributed by atoms with Gasteiger partial charge >= 0.3 is 6.18 Å². The SMILES string of the molecule is C=CC(C)Oc1ccc(CC(N)CC)cc1C(F)(F)F. The van der Waals surface area contributed by atoms with Crippen LogP contribution in [-0.2, 0) is 12.6 Å². The predicted octanol–water partition coefficient (Wildman–Crippen LogP) is 3.94. The van der Waals surface area contributed by atoms with Gasteiger partial charge in [-0.1, -0.05) is 25.6 Å². The fourth-order valence-corrected chi connectivity index (χ4v) is 1.72. The summed E-state index contributed by atoms with van der Waals surface area (Å²) in [5.74, 6) is -0.182. The van der Waals surface area contributed by atoms with Crippen molar-refractivity contribution >= 4 is 0 Å². The van der Waals surface area contributed by atoms with Gasteiger partial charge in [0.25, 0.3) is 0 Å². The summed E-state index contributed by atoms with van der Waals surface area (Å²) in [5, 5.41) is 0. The lowest BCUT2D eigenvalue weighted by Gasteiger charge is -2.18. The first kappa shape index (κ1) is 16.6. The Bertz CT molecular complexity index is 457. The van der Waals surface area contributed by atoms with Gasteiger partial charge in [-0.3, -0.25) is 0 Å². The van der Waals surface area contributed by atoms with E-state index in [0.29, 0.717) is 18.4 Å². The minimum atomic E-state index is -4.46. The van der Waals surface area contributed by atoms with Crippen molar-refractivity contribution in [2.24, 2.45) is 5.73 Å². The lowest BCUT2D eigenvalue weighted by Crippen LogP contribution is -2.22. The van der Waals surface area contributed by atoms with Crippen molar-refractivity contribution in [1.29, 1.82) is 0 Å². The highest BCUT2D eigenvalue weighted by atomic mass is 19.4. The molecule has 0 fully saturated rings. The molecular formula is C15H20F3NO. The van der Waals surface area contributed by atoms with Crippen LogP contribution in [0, 0.1) is 0 Å². The van der Waals surface area contributed by atoms with Gasteiger partial charge in [0, 0.05) is 6.04 Å². The first-order valence-corrected chi connectivity index (χ1v) is 6.52. The number of hydrogen-bond donors (Lipinski definition) is 1. The maximum atomic E-state index is 13.1. The third-order valence-corrected chi connectivity index (χ3v) is 3.02. The van der Waals surface area contributed by atoms with Crippen LogP contribution in [0.5, 0.6) is 5.75 Å². The number of rotatable bonds is 6. The van der Waals surface area contributed by atoms with Crippen molar-refractivity contribution in [1.82, 2.24) is 0 Å². The van der Waals surface area contributed by atoms with E-state index in [1.807, 2.05) is 6.92 Å². The fourth-order valence-electron chi connectivity index (χ4n) is 1.72. The van der Waals surface area contributed by atoms with Gasteiger partial charge in [-0.2, -0.15) is 13.2 Å². The van der Waals surface area contributed by atoms with Crippen molar-refractivity contribution in [3.05, 3.63) is 42.0 Å². The molecular weight excluding hydrogens is 267 g/mol. The maximum Gasteiger partial charge on any atom is 0.419 e. The summed E-state index contributed by atoms with van der Waals surface area (Å²) in [4.78, 5) is 0. The number of alkyl halides is 3. The summed E-state index contributed by atoms with van der Waals surface area (Å²) >= 11 is 0. The molecule has 2 unspecified atom stereocenters. The first-order chi connectivity index (χ1) is 9.27. The minimum Gasteiger partial charge on any atom is -0.486 e. The van der Waals surface area contributed by atoms with Gasteiger partial charge in [0.1, 0.15) is 11.9 Å². The average Bonchev–Trinajstić information content (AvgIpc) is 2.38. The zero-order chi connectivity index (χ0) is 15.3. The molecule has 2 atom stereocenters. The molecule has 0 aliphatic carbocycles. The first-order valence-electron chi connectivity index (χ1n) is 6.52. The third kappa shape index (κ3) is 4.56. The molecule has 20 heavy (non-hydrogen) atoms. The molecule has 1 aromatic rings.